The first-order chi connectivity index (χ1) is 9.19. The molecule has 0 amide bonds. The molecule has 4 aromatic rings. The van der Waals surface area contributed by atoms with Gasteiger partial charge in [-0.2, -0.15) is 0 Å². The SMILES string of the molecule is Fc1ccc2nc(-c3cn4nc(Br)sc4n3)sc2c1. The minimum absolute atomic E-state index is 0.251. The third-order valence-corrected chi connectivity index (χ3v) is 4.98. The number of rotatable bonds is 1. The van der Waals surface area contributed by atoms with Gasteiger partial charge in [0.15, 0.2) is 3.92 Å². The van der Waals surface area contributed by atoms with Crippen LogP contribution in [0.2, 0.25) is 0 Å². The van der Waals surface area contributed by atoms with Crippen LogP contribution in [0.15, 0.2) is 28.3 Å². The maximum atomic E-state index is 13.2. The molecule has 0 saturated heterocycles. The van der Waals surface area contributed by atoms with Crippen molar-refractivity contribution in [3.05, 3.63) is 34.1 Å². The number of aromatic nitrogens is 4. The van der Waals surface area contributed by atoms with E-state index in [9.17, 15) is 4.39 Å². The molecule has 3 heterocycles. The van der Waals surface area contributed by atoms with Crippen molar-refractivity contribution in [3.8, 4) is 10.7 Å². The Hall–Kier alpha value is -1.38. The number of thiazole rings is 1. The minimum atomic E-state index is -0.251. The van der Waals surface area contributed by atoms with Crippen LogP contribution in [0.3, 0.4) is 0 Å². The van der Waals surface area contributed by atoms with Gasteiger partial charge in [-0.15, -0.1) is 16.4 Å². The van der Waals surface area contributed by atoms with Crippen molar-refractivity contribution < 1.29 is 4.39 Å². The summed E-state index contributed by atoms with van der Waals surface area (Å²) in [6.45, 7) is 0. The highest BCUT2D eigenvalue weighted by molar-refractivity contribution is 9.11. The second-order valence-corrected chi connectivity index (χ2v) is 7.10. The zero-order valence-electron chi connectivity index (χ0n) is 9.17. The van der Waals surface area contributed by atoms with E-state index in [1.807, 2.05) is 6.20 Å². The second-order valence-electron chi connectivity index (χ2n) is 3.84. The van der Waals surface area contributed by atoms with Crippen LogP contribution in [-0.4, -0.2) is 19.6 Å². The van der Waals surface area contributed by atoms with Gasteiger partial charge in [0.1, 0.15) is 16.5 Å². The van der Waals surface area contributed by atoms with Crippen molar-refractivity contribution in [2.45, 2.75) is 0 Å². The molecule has 3 aromatic heterocycles. The monoisotopic (exact) mass is 354 g/mol. The zero-order chi connectivity index (χ0) is 13.0. The molecular formula is C11H4BrFN4S2. The van der Waals surface area contributed by atoms with Gasteiger partial charge in [-0.25, -0.2) is 18.9 Å². The molecule has 19 heavy (non-hydrogen) atoms. The molecule has 0 aliphatic heterocycles. The maximum absolute atomic E-state index is 13.2. The van der Waals surface area contributed by atoms with Crippen LogP contribution >= 0.6 is 38.6 Å². The Morgan fingerprint density at radius 3 is 2.95 bits per heavy atom. The van der Waals surface area contributed by atoms with Crippen molar-refractivity contribution in [1.29, 1.82) is 0 Å². The lowest BCUT2D eigenvalue weighted by atomic mass is 10.3. The Bertz CT molecular complexity index is 878. The third kappa shape index (κ3) is 1.87. The molecule has 0 unspecified atom stereocenters. The lowest BCUT2D eigenvalue weighted by molar-refractivity contribution is 0.630. The van der Waals surface area contributed by atoms with E-state index < -0.39 is 0 Å². The maximum Gasteiger partial charge on any atom is 0.213 e. The summed E-state index contributed by atoms with van der Waals surface area (Å²) in [5.74, 6) is -0.251. The summed E-state index contributed by atoms with van der Waals surface area (Å²) < 4.78 is 16.5. The summed E-state index contributed by atoms with van der Waals surface area (Å²) in [6, 6.07) is 4.58. The average molecular weight is 355 g/mol. The van der Waals surface area contributed by atoms with E-state index in [1.54, 1.807) is 10.6 Å². The quantitative estimate of drug-likeness (QED) is 0.519. The normalized spacial score (nSPS) is 11.7. The molecule has 94 valence electrons. The van der Waals surface area contributed by atoms with Gasteiger partial charge < -0.3 is 0 Å². The van der Waals surface area contributed by atoms with Gasteiger partial charge in [-0.1, -0.05) is 11.3 Å². The predicted octanol–water partition coefficient (Wildman–Crippen LogP) is 3.97. The van der Waals surface area contributed by atoms with E-state index in [0.29, 0.717) is 0 Å². The van der Waals surface area contributed by atoms with E-state index in [-0.39, 0.29) is 5.82 Å². The number of halogens is 2. The number of hydrogen-bond acceptors (Lipinski definition) is 5. The molecule has 0 fully saturated rings. The number of fused-ring (bicyclic) bond motifs is 2. The van der Waals surface area contributed by atoms with E-state index in [2.05, 4.69) is 31.0 Å². The van der Waals surface area contributed by atoms with Crippen LogP contribution in [0.25, 0.3) is 25.9 Å². The molecule has 0 N–H and O–H groups in total. The van der Waals surface area contributed by atoms with Crippen LogP contribution < -0.4 is 0 Å². The number of imidazole rings is 1. The van der Waals surface area contributed by atoms with Crippen molar-refractivity contribution in [1.82, 2.24) is 19.6 Å². The third-order valence-electron chi connectivity index (χ3n) is 2.59. The van der Waals surface area contributed by atoms with Gasteiger partial charge in [0.2, 0.25) is 4.96 Å². The van der Waals surface area contributed by atoms with Crippen LogP contribution in [-0.2, 0) is 0 Å². The highest BCUT2D eigenvalue weighted by atomic mass is 79.9. The smallest absolute Gasteiger partial charge is 0.213 e. The number of nitrogens with zero attached hydrogens (tertiary/aromatic N) is 4. The first-order valence-electron chi connectivity index (χ1n) is 5.27. The van der Waals surface area contributed by atoms with Crippen LogP contribution in [0.1, 0.15) is 0 Å². The Kier molecular flexibility index (Phi) is 2.44. The van der Waals surface area contributed by atoms with Crippen LogP contribution in [0.5, 0.6) is 0 Å². The molecule has 8 heteroatoms. The number of hydrogen-bond donors (Lipinski definition) is 0. The summed E-state index contributed by atoms with van der Waals surface area (Å²) in [6.07, 6.45) is 1.82. The topological polar surface area (TPSA) is 43.1 Å². The lowest BCUT2D eigenvalue weighted by Gasteiger charge is -1.85. The van der Waals surface area contributed by atoms with Gasteiger partial charge in [0, 0.05) is 0 Å². The van der Waals surface area contributed by atoms with Crippen molar-refractivity contribution in [2.24, 2.45) is 0 Å². The van der Waals surface area contributed by atoms with Crippen molar-refractivity contribution in [3.63, 3.8) is 0 Å². The standard InChI is InChI=1S/C11H4BrFN4S2/c12-10-16-17-4-7(15-11(17)19-10)9-14-6-2-1-5(13)3-8(6)18-9/h1-4H. The molecule has 1 aromatic carbocycles. The zero-order valence-corrected chi connectivity index (χ0v) is 12.4. The minimum Gasteiger partial charge on any atom is -0.234 e. The van der Waals surface area contributed by atoms with Gasteiger partial charge in [0.25, 0.3) is 0 Å². The Morgan fingerprint density at radius 1 is 1.21 bits per heavy atom. The molecule has 0 aliphatic rings. The van der Waals surface area contributed by atoms with Gasteiger partial charge in [-0.05, 0) is 34.1 Å². The summed E-state index contributed by atoms with van der Waals surface area (Å²) >= 11 is 6.19. The van der Waals surface area contributed by atoms with Crippen molar-refractivity contribution in [2.75, 3.05) is 0 Å². The highest BCUT2D eigenvalue weighted by Gasteiger charge is 2.12. The lowest BCUT2D eigenvalue weighted by Crippen LogP contribution is -1.78. The molecular weight excluding hydrogens is 351 g/mol. The Labute approximate surface area is 122 Å². The molecule has 0 spiro atoms. The Morgan fingerprint density at radius 2 is 2.11 bits per heavy atom. The summed E-state index contributed by atoms with van der Waals surface area (Å²) in [7, 11) is 0. The summed E-state index contributed by atoms with van der Waals surface area (Å²) in [5.41, 5.74) is 1.54. The van der Waals surface area contributed by atoms with Gasteiger partial charge in [0.05, 0.1) is 16.4 Å². The first kappa shape index (κ1) is 11.4. The molecule has 0 atom stereocenters. The molecule has 4 rings (SSSR count). The predicted molar refractivity (Wildman–Crippen MR) is 77.1 cm³/mol. The van der Waals surface area contributed by atoms with E-state index in [1.165, 1.54) is 34.8 Å². The second kappa shape index (κ2) is 4.06. The largest absolute Gasteiger partial charge is 0.234 e. The average Bonchev–Trinajstić information content (AvgIpc) is 2.99. The van der Waals surface area contributed by atoms with Gasteiger partial charge >= 0.3 is 0 Å². The highest BCUT2D eigenvalue weighted by Crippen LogP contribution is 2.31. The number of benzene rings is 1. The van der Waals surface area contributed by atoms with Crippen LogP contribution in [0, 0.1) is 5.82 Å². The van der Waals surface area contributed by atoms with Gasteiger partial charge in [-0.3, -0.25) is 0 Å². The van der Waals surface area contributed by atoms with Crippen LogP contribution in [0.4, 0.5) is 4.39 Å². The fourth-order valence-electron chi connectivity index (χ4n) is 1.79. The van der Waals surface area contributed by atoms with Crippen molar-refractivity contribution >= 4 is 53.8 Å². The molecule has 0 aliphatic carbocycles. The fraction of sp³-hybridized carbons (Fsp3) is 0. The summed E-state index contributed by atoms with van der Waals surface area (Å²) in [5, 5.41) is 5.01. The fourth-order valence-corrected chi connectivity index (χ4v) is 3.95. The molecule has 0 bridgehead atoms. The molecule has 0 radical (unpaired) electrons. The van der Waals surface area contributed by atoms with E-state index >= 15 is 0 Å². The van der Waals surface area contributed by atoms with E-state index in [4.69, 9.17) is 0 Å². The summed E-state index contributed by atoms with van der Waals surface area (Å²) in [4.78, 5) is 9.73. The van der Waals surface area contributed by atoms with E-state index in [0.717, 1.165) is 29.8 Å². The first-order valence-corrected chi connectivity index (χ1v) is 7.70. The molecule has 4 nitrogen and oxygen atoms in total. The Balaban J connectivity index is 1.90. The molecule has 0 saturated carbocycles.